The molecule has 1 aromatic carbocycles. The zero-order valence-electron chi connectivity index (χ0n) is 13.9. The van der Waals surface area contributed by atoms with E-state index in [2.05, 4.69) is 35.2 Å². The second kappa shape index (κ2) is 8.24. The van der Waals surface area contributed by atoms with Gasteiger partial charge in [-0.3, -0.25) is 4.68 Å². The van der Waals surface area contributed by atoms with Gasteiger partial charge in [-0.05, 0) is 49.3 Å². The van der Waals surface area contributed by atoms with E-state index in [0.29, 0.717) is 0 Å². The van der Waals surface area contributed by atoms with Crippen LogP contribution in [0.15, 0.2) is 54.9 Å². The molecule has 24 heavy (non-hydrogen) atoms. The molecule has 0 aliphatic heterocycles. The van der Waals surface area contributed by atoms with Crippen molar-refractivity contribution in [1.82, 2.24) is 14.7 Å². The van der Waals surface area contributed by atoms with Gasteiger partial charge in [0.25, 0.3) is 0 Å². The van der Waals surface area contributed by atoms with Crippen LogP contribution in [0.4, 0.5) is 0 Å². The van der Waals surface area contributed by atoms with Crippen molar-refractivity contribution in [3.8, 4) is 10.4 Å². The second-order valence-electron chi connectivity index (χ2n) is 5.94. The molecule has 126 valence electrons. The Kier molecular flexibility index (Phi) is 5.80. The van der Waals surface area contributed by atoms with Gasteiger partial charge in [0.1, 0.15) is 0 Å². The minimum absolute atomic E-state index is 0.0801. The standard InChI is InChI=1S/C19H23N3OS/c1-21(11-5-13-22-12-4-10-20-22)14-17-8-9-19(24-17)18-7-3-2-6-16(18)15-23/h2-4,6-10,12,23H,5,11,13-15H2,1H3. The molecule has 4 nitrogen and oxygen atoms in total. The molecule has 0 atom stereocenters. The molecule has 1 N–H and O–H groups in total. The summed E-state index contributed by atoms with van der Waals surface area (Å²) in [5, 5.41) is 13.7. The number of benzene rings is 1. The van der Waals surface area contributed by atoms with Gasteiger partial charge in [-0.15, -0.1) is 11.3 Å². The highest BCUT2D eigenvalue weighted by Gasteiger charge is 2.08. The van der Waals surface area contributed by atoms with E-state index >= 15 is 0 Å². The summed E-state index contributed by atoms with van der Waals surface area (Å²) in [5.41, 5.74) is 2.12. The smallest absolute Gasteiger partial charge is 0.0688 e. The summed E-state index contributed by atoms with van der Waals surface area (Å²) >= 11 is 1.80. The van der Waals surface area contributed by atoms with Crippen molar-refractivity contribution in [2.45, 2.75) is 26.1 Å². The molecule has 0 radical (unpaired) electrons. The van der Waals surface area contributed by atoms with Crippen LogP contribution >= 0.6 is 11.3 Å². The van der Waals surface area contributed by atoms with Gasteiger partial charge in [-0.2, -0.15) is 5.10 Å². The maximum atomic E-state index is 9.50. The monoisotopic (exact) mass is 341 g/mol. The molecule has 0 aliphatic carbocycles. The molecule has 0 amide bonds. The fourth-order valence-electron chi connectivity index (χ4n) is 2.79. The molecule has 0 saturated heterocycles. The van der Waals surface area contributed by atoms with Crippen LogP contribution in [0.5, 0.6) is 0 Å². The van der Waals surface area contributed by atoms with Crippen LogP contribution in [0.2, 0.25) is 0 Å². The van der Waals surface area contributed by atoms with Crippen molar-refractivity contribution in [1.29, 1.82) is 0 Å². The van der Waals surface area contributed by atoms with Crippen LogP contribution in [0.25, 0.3) is 10.4 Å². The fourth-order valence-corrected chi connectivity index (χ4v) is 3.94. The van der Waals surface area contributed by atoms with E-state index < -0.39 is 0 Å². The predicted octanol–water partition coefficient (Wildman–Crippen LogP) is 3.63. The molecule has 0 spiro atoms. The van der Waals surface area contributed by atoms with Gasteiger partial charge in [0.2, 0.25) is 0 Å². The maximum absolute atomic E-state index is 9.50. The Morgan fingerprint density at radius 3 is 2.83 bits per heavy atom. The first-order valence-corrected chi connectivity index (χ1v) is 9.02. The predicted molar refractivity (Wildman–Crippen MR) is 98.9 cm³/mol. The number of aromatic nitrogens is 2. The highest BCUT2D eigenvalue weighted by atomic mass is 32.1. The first kappa shape index (κ1) is 16.9. The van der Waals surface area contributed by atoms with Crippen LogP contribution in [0.3, 0.4) is 0 Å². The SMILES string of the molecule is CN(CCCn1cccn1)Cc1ccc(-c2ccccc2CO)s1. The molecule has 0 unspecified atom stereocenters. The number of hydrogen-bond acceptors (Lipinski definition) is 4. The Balaban J connectivity index is 1.55. The largest absolute Gasteiger partial charge is 0.392 e. The van der Waals surface area contributed by atoms with E-state index in [1.165, 1.54) is 9.75 Å². The molecule has 2 aromatic heterocycles. The Bertz CT molecular complexity index is 752. The van der Waals surface area contributed by atoms with Gasteiger partial charge in [0.15, 0.2) is 0 Å². The Morgan fingerprint density at radius 1 is 1.17 bits per heavy atom. The Hall–Kier alpha value is -1.95. The molecule has 5 heteroatoms. The zero-order valence-corrected chi connectivity index (χ0v) is 14.7. The van der Waals surface area contributed by atoms with Crippen molar-refractivity contribution < 1.29 is 5.11 Å². The lowest BCUT2D eigenvalue weighted by molar-refractivity contribution is 0.282. The number of thiophene rings is 1. The van der Waals surface area contributed by atoms with E-state index in [1.807, 2.05) is 41.3 Å². The van der Waals surface area contributed by atoms with E-state index in [0.717, 1.165) is 37.2 Å². The van der Waals surface area contributed by atoms with E-state index in [1.54, 1.807) is 11.3 Å². The molecule has 0 fully saturated rings. The number of rotatable bonds is 8. The van der Waals surface area contributed by atoms with Gasteiger partial charge < -0.3 is 10.0 Å². The van der Waals surface area contributed by atoms with Gasteiger partial charge in [-0.25, -0.2) is 0 Å². The first-order valence-electron chi connectivity index (χ1n) is 8.20. The summed E-state index contributed by atoms with van der Waals surface area (Å²) in [4.78, 5) is 4.91. The highest BCUT2D eigenvalue weighted by molar-refractivity contribution is 7.15. The van der Waals surface area contributed by atoms with E-state index in [-0.39, 0.29) is 6.61 Å². The topological polar surface area (TPSA) is 41.3 Å². The average molecular weight is 341 g/mol. The molecular formula is C19H23N3OS. The van der Waals surface area contributed by atoms with E-state index in [4.69, 9.17) is 0 Å². The number of aliphatic hydroxyl groups excluding tert-OH is 1. The lowest BCUT2D eigenvalue weighted by Crippen LogP contribution is -2.19. The van der Waals surface area contributed by atoms with Crippen LogP contribution in [-0.4, -0.2) is 33.4 Å². The summed E-state index contributed by atoms with van der Waals surface area (Å²) in [6.45, 7) is 3.03. The quantitative estimate of drug-likeness (QED) is 0.680. The second-order valence-corrected chi connectivity index (χ2v) is 7.11. The molecule has 3 aromatic rings. The van der Waals surface area contributed by atoms with Crippen molar-refractivity contribution in [2.24, 2.45) is 0 Å². The summed E-state index contributed by atoms with van der Waals surface area (Å²) in [6, 6.07) is 14.4. The van der Waals surface area contributed by atoms with Crippen LogP contribution in [0.1, 0.15) is 16.9 Å². The summed E-state index contributed by atoms with van der Waals surface area (Å²) in [6.07, 6.45) is 4.91. The van der Waals surface area contributed by atoms with Crippen LogP contribution in [-0.2, 0) is 19.7 Å². The molecule has 2 heterocycles. The van der Waals surface area contributed by atoms with Crippen molar-refractivity contribution >= 4 is 11.3 Å². The van der Waals surface area contributed by atoms with Crippen molar-refractivity contribution in [3.63, 3.8) is 0 Å². The molecule has 0 aliphatic rings. The third-order valence-corrected chi connectivity index (χ3v) is 5.13. The first-order chi connectivity index (χ1) is 11.8. The molecule has 0 saturated carbocycles. The normalized spacial score (nSPS) is 11.3. The van der Waals surface area contributed by atoms with E-state index in [9.17, 15) is 5.11 Å². The summed E-state index contributed by atoms with van der Waals surface area (Å²) in [5.74, 6) is 0. The maximum Gasteiger partial charge on any atom is 0.0688 e. The zero-order chi connectivity index (χ0) is 16.8. The third-order valence-electron chi connectivity index (χ3n) is 4.03. The number of nitrogens with zero attached hydrogens (tertiary/aromatic N) is 3. The van der Waals surface area contributed by atoms with Gasteiger partial charge in [0.05, 0.1) is 6.61 Å². The lowest BCUT2D eigenvalue weighted by atomic mass is 10.1. The number of aliphatic hydroxyl groups is 1. The molecule has 0 bridgehead atoms. The summed E-state index contributed by atoms with van der Waals surface area (Å²) in [7, 11) is 2.16. The third kappa shape index (κ3) is 4.32. The lowest BCUT2D eigenvalue weighted by Gasteiger charge is -2.15. The van der Waals surface area contributed by atoms with Gasteiger partial charge in [-0.1, -0.05) is 24.3 Å². The number of aryl methyl sites for hydroxylation is 1. The van der Waals surface area contributed by atoms with Crippen molar-refractivity contribution in [2.75, 3.05) is 13.6 Å². The van der Waals surface area contributed by atoms with Gasteiger partial charge >= 0.3 is 0 Å². The summed E-state index contributed by atoms with van der Waals surface area (Å²) < 4.78 is 1.98. The van der Waals surface area contributed by atoms with Crippen LogP contribution < -0.4 is 0 Å². The Labute approximate surface area is 147 Å². The van der Waals surface area contributed by atoms with Crippen molar-refractivity contribution in [3.05, 3.63) is 65.3 Å². The average Bonchev–Trinajstić information content (AvgIpc) is 3.27. The highest BCUT2D eigenvalue weighted by Crippen LogP contribution is 2.31. The van der Waals surface area contributed by atoms with Gasteiger partial charge in [0, 0.05) is 35.2 Å². The fraction of sp³-hybridized carbons (Fsp3) is 0.316. The minimum atomic E-state index is 0.0801. The molecular weight excluding hydrogens is 318 g/mol. The van der Waals surface area contributed by atoms with Crippen LogP contribution in [0, 0.1) is 0 Å². The minimum Gasteiger partial charge on any atom is -0.392 e. The Morgan fingerprint density at radius 2 is 2.04 bits per heavy atom. The number of hydrogen-bond donors (Lipinski definition) is 1. The molecule has 3 rings (SSSR count).